The van der Waals surface area contributed by atoms with Gasteiger partial charge in [0.25, 0.3) is 0 Å². The molecule has 0 unspecified atom stereocenters. The number of benzene rings is 2. The minimum Gasteiger partial charge on any atom is -0.406 e. The van der Waals surface area contributed by atoms with E-state index in [4.69, 9.17) is 16.1 Å². The van der Waals surface area contributed by atoms with Gasteiger partial charge in [0.1, 0.15) is 28.3 Å². The summed E-state index contributed by atoms with van der Waals surface area (Å²) in [5, 5.41) is 4.00. The number of H-pyrrole nitrogens is 1. The summed E-state index contributed by atoms with van der Waals surface area (Å²) in [5.41, 5.74) is 2.63. The van der Waals surface area contributed by atoms with Gasteiger partial charge in [-0.05, 0) is 36.4 Å². The SMILES string of the molecule is Fc1c(Cl)cccc1-c1nc2cc[n+](Cc3cc(-c4ccc(OC(F)(F)F)cc4)no3)cc2[nH]1. The molecule has 3 heterocycles. The first-order valence-corrected chi connectivity index (χ1v) is 10.3. The smallest absolute Gasteiger partial charge is 0.406 e. The van der Waals surface area contributed by atoms with Crippen LogP contribution in [0.25, 0.3) is 33.7 Å². The molecular formula is C23H14ClF4N4O2+. The number of nitrogens with one attached hydrogen (secondary N) is 1. The fourth-order valence-corrected chi connectivity index (χ4v) is 3.62. The van der Waals surface area contributed by atoms with Crippen molar-refractivity contribution >= 4 is 22.6 Å². The van der Waals surface area contributed by atoms with Crippen LogP contribution in [0.5, 0.6) is 5.75 Å². The van der Waals surface area contributed by atoms with Crippen LogP contribution >= 0.6 is 11.6 Å². The number of rotatable bonds is 5. The fourth-order valence-electron chi connectivity index (χ4n) is 3.44. The Hall–Kier alpha value is -3.92. The molecule has 0 radical (unpaired) electrons. The minimum absolute atomic E-state index is 0.0108. The van der Waals surface area contributed by atoms with Crippen LogP contribution in [-0.2, 0) is 6.54 Å². The molecular weight excluding hydrogens is 476 g/mol. The third kappa shape index (κ3) is 4.58. The second-order valence-electron chi connectivity index (χ2n) is 7.35. The first-order chi connectivity index (χ1) is 16.2. The van der Waals surface area contributed by atoms with E-state index in [1.165, 1.54) is 30.3 Å². The molecule has 0 bridgehead atoms. The maximum Gasteiger partial charge on any atom is 0.573 e. The van der Waals surface area contributed by atoms with E-state index < -0.39 is 12.2 Å². The minimum atomic E-state index is -4.75. The molecule has 34 heavy (non-hydrogen) atoms. The zero-order valence-corrected chi connectivity index (χ0v) is 17.9. The van der Waals surface area contributed by atoms with Crippen LogP contribution < -0.4 is 9.30 Å². The number of nitrogens with zero attached hydrogens (tertiary/aromatic N) is 3. The zero-order chi connectivity index (χ0) is 23.9. The topological polar surface area (TPSA) is 67.8 Å². The van der Waals surface area contributed by atoms with Gasteiger partial charge in [0.2, 0.25) is 12.3 Å². The highest BCUT2D eigenvalue weighted by atomic mass is 35.5. The highest BCUT2D eigenvalue weighted by Gasteiger charge is 2.31. The molecule has 0 aliphatic rings. The van der Waals surface area contributed by atoms with Crippen molar-refractivity contribution in [2.75, 3.05) is 0 Å². The second-order valence-corrected chi connectivity index (χ2v) is 7.76. The zero-order valence-electron chi connectivity index (χ0n) is 17.1. The molecule has 0 aliphatic carbocycles. The van der Waals surface area contributed by atoms with E-state index in [0.29, 0.717) is 40.4 Å². The summed E-state index contributed by atoms with van der Waals surface area (Å²) in [7, 11) is 0. The molecule has 6 nitrogen and oxygen atoms in total. The van der Waals surface area contributed by atoms with Crippen LogP contribution in [0.15, 0.2) is 71.5 Å². The molecule has 3 aromatic heterocycles. The number of hydrogen-bond donors (Lipinski definition) is 1. The Balaban J connectivity index is 1.34. The number of halogens is 5. The molecule has 172 valence electrons. The Morgan fingerprint density at radius 1 is 1.09 bits per heavy atom. The highest BCUT2D eigenvalue weighted by molar-refractivity contribution is 6.31. The van der Waals surface area contributed by atoms with E-state index in [0.717, 1.165) is 0 Å². The Morgan fingerprint density at radius 3 is 2.65 bits per heavy atom. The average molecular weight is 490 g/mol. The van der Waals surface area contributed by atoms with Crippen LogP contribution in [0.4, 0.5) is 17.6 Å². The lowest BCUT2D eigenvalue weighted by Gasteiger charge is -2.08. The van der Waals surface area contributed by atoms with E-state index in [1.54, 1.807) is 36.7 Å². The normalized spacial score (nSPS) is 11.8. The standard InChI is InChI=1S/C23H13ClF4N4O2/c24-17-3-1-2-16(21(17)25)22-29-18-8-9-32(12-20(18)30-22)11-15-10-19(31-34-15)13-4-6-14(7-5-13)33-23(26,27)28/h1-10,12H,11H2/p+1. The van der Waals surface area contributed by atoms with Crippen molar-refractivity contribution in [1.82, 2.24) is 15.1 Å². The van der Waals surface area contributed by atoms with Gasteiger partial charge in [-0.2, -0.15) is 4.57 Å². The summed E-state index contributed by atoms with van der Waals surface area (Å²) >= 11 is 5.87. The summed E-state index contributed by atoms with van der Waals surface area (Å²) in [5.74, 6) is 0.00643. The predicted octanol–water partition coefficient (Wildman–Crippen LogP) is 5.91. The van der Waals surface area contributed by atoms with Crippen molar-refractivity contribution in [2.45, 2.75) is 12.9 Å². The van der Waals surface area contributed by atoms with Gasteiger partial charge < -0.3 is 14.2 Å². The third-order valence-electron chi connectivity index (χ3n) is 4.97. The number of ether oxygens (including phenoxy) is 1. The summed E-state index contributed by atoms with van der Waals surface area (Å²) < 4.78 is 62.4. The summed E-state index contributed by atoms with van der Waals surface area (Å²) in [6, 6.07) is 13.5. The second kappa shape index (κ2) is 8.45. The van der Waals surface area contributed by atoms with E-state index >= 15 is 0 Å². The lowest BCUT2D eigenvalue weighted by molar-refractivity contribution is -0.688. The number of aromatic amines is 1. The molecule has 2 aromatic carbocycles. The van der Waals surface area contributed by atoms with Gasteiger partial charge in [0.05, 0.1) is 10.6 Å². The van der Waals surface area contributed by atoms with Gasteiger partial charge in [-0.3, -0.25) is 0 Å². The molecule has 0 saturated heterocycles. The van der Waals surface area contributed by atoms with Crippen molar-refractivity contribution in [3.63, 3.8) is 0 Å². The quantitative estimate of drug-likeness (QED) is 0.246. The average Bonchev–Trinajstić information content (AvgIpc) is 3.42. The monoisotopic (exact) mass is 489 g/mol. The van der Waals surface area contributed by atoms with Crippen molar-refractivity contribution in [3.05, 3.63) is 83.6 Å². The maximum atomic E-state index is 14.3. The molecule has 5 aromatic rings. The number of aromatic nitrogens is 4. The van der Waals surface area contributed by atoms with Gasteiger partial charge in [0, 0.05) is 17.7 Å². The summed E-state index contributed by atoms with van der Waals surface area (Å²) in [4.78, 5) is 7.51. The number of fused-ring (bicyclic) bond motifs is 1. The maximum absolute atomic E-state index is 14.3. The van der Waals surface area contributed by atoms with Crippen LogP contribution in [0, 0.1) is 5.82 Å². The van der Waals surface area contributed by atoms with Gasteiger partial charge in [-0.15, -0.1) is 13.2 Å². The first kappa shape index (κ1) is 21.9. The molecule has 0 fully saturated rings. The van der Waals surface area contributed by atoms with Crippen molar-refractivity contribution in [2.24, 2.45) is 0 Å². The fraction of sp³-hybridized carbons (Fsp3) is 0.0870. The Bertz CT molecular complexity index is 1480. The molecule has 0 spiro atoms. The van der Waals surface area contributed by atoms with Crippen molar-refractivity contribution in [1.29, 1.82) is 0 Å². The van der Waals surface area contributed by atoms with Gasteiger partial charge >= 0.3 is 6.36 Å². The van der Waals surface area contributed by atoms with Gasteiger partial charge in [0.15, 0.2) is 18.2 Å². The van der Waals surface area contributed by atoms with E-state index in [2.05, 4.69) is 19.9 Å². The van der Waals surface area contributed by atoms with Crippen LogP contribution in [0.2, 0.25) is 5.02 Å². The Kier molecular flexibility index (Phi) is 5.45. The Labute approximate surface area is 194 Å². The number of imidazole rings is 1. The molecule has 1 N–H and O–H groups in total. The summed E-state index contributed by atoms with van der Waals surface area (Å²) in [6.45, 7) is 0.331. The van der Waals surface area contributed by atoms with Crippen LogP contribution in [-0.4, -0.2) is 21.5 Å². The molecule has 5 rings (SSSR count). The van der Waals surface area contributed by atoms with Crippen LogP contribution in [0.1, 0.15) is 5.76 Å². The highest BCUT2D eigenvalue weighted by Crippen LogP contribution is 2.28. The Morgan fingerprint density at radius 2 is 1.88 bits per heavy atom. The van der Waals surface area contributed by atoms with E-state index in [-0.39, 0.29) is 16.3 Å². The van der Waals surface area contributed by atoms with E-state index in [9.17, 15) is 17.6 Å². The molecule has 11 heteroatoms. The molecule has 0 aliphatic heterocycles. The van der Waals surface area contributed by atoms with E-state index in [1.807, 2.05) is 4.57 Å². The largest absolute Gasteiger partial charge is 0.573 e. The van der Waals surface area contributed by atoms with Crippen molar-refractivity contribution in [3.8, 4) is 28.4 Å². The first-order valence-electron chi connectivity index (χ1n) is 9.90. The molecule has 0 amide bonds. The number of pyridine rings is 1. The molecule has 0 saturated carbocycles. The lowest BCUT2D eigenvalue weighted by atomic mass is 10.1. The number of alkyl halides is 3. The lowest BCUT2D eigenvalue weighted by Crippen LogP contribution is -2.32. The van der Waals surface area contributed by atoms with Crippen LogP contribution in [0.3, 0.4) is 0 Å². The van der Waals surface area contributed by atoms with Gasteiger partial charge in [-0.1, -0.05) is 22.8 Å². The molecule has 0 atom stereocenters. The van der Waals surface area contributed by atoms with Gasteiger partial charge in [-0.25, -0.2) is 9.37 Å². The predicted molar refractivity (Wildman–Crippen MR) is 114 cm³/mol. The third-order valence-corrected chi connectivity index (χ3v) is 5.26. The number of hydrogen-bond acceptors (Lipinski definition) is 4. The summed E-state index contributed by atoms with van der Waals surface area (Å²) in [6.07, 6.45) is -1.18. The van der Waals surface area contributed by atoms with Crippen molar-refractivity contribution < 1.29 is 31.4 Å².